The highest BCUT2D eigenvalue weighted by molar-refractivity contribution is 6.31. The molecule has 2 heterocycles. The van der Waals surface area contributed by atoms with Crippen LogP contribution in [0.3, 0.4) is 0 Å². The van der Waals surface area contributed by atoms with Gasteiger partial charge in [-0.3, -0.25) is 9.67 Å². The number of rotatable bonds is 5. The summed E-state index contributed by atoms with van der Waals surface area (Å²) in [5.41, 5.74) is 3.21. The van der Waals surface area contributed by atoms with Crippen molar-refractivity contribution in [1.82, 2.24) is 20.1 Å². The summed E-state index contributed by atoms with van der Waals surface area (Å²) in [4.78, 5) is 4.53. The van der Waals surface area contributed by atoms with Crippen LogP contribution in [0, 0.1) is 0 Å². The average Bonchev–Trinajstić information content (AvgIpc) is 2.82. The number of aromatic nitrogens is 3. The minimum Gasteiger partial charge on any atom is -0.307 e. The third-order valence-corrected chi connectivity index (χ3v) is 3.57. The summed E-state index contributed by atoms with van der Waals surface area (Å²) in [6, 6.07) is 4.03. The molecule has 4 nitrogen and oxygen atoms in total. The molecule has 0 bridgehead atoms. The van der Waals surface area contributed by atoms with Gasteiger partial charge in [-0.25, -0.2) is 0 Å². The van der Waals surface area contributed by atoms with Gasteiger partial charge in [0.15, 0.2) is 0 Å². The molecule has 1 N–H and O–H groups in total. The molecule has 0 aliphatic carbocycles. The Balaban J connectivity index is 2.53. The highest BCUT2D eigenvalue weighted by atomic mass is 35.5. The zero-order valence-electron chi connectivity index (χ0n) is 11.5. The highest BCUT2D eigenvalue weighted by Crippen LogP contribution is 2.28. The van der Waals surface area contributed by atoms with Crippen molar-refractivity contribution < 1.29 is 0 Å². The SMILES string of the molecule is CCc1cccnc1C(NC)c1c(Cl)cnn1CC. The molecule has 0 spiro atoms. The van der Waals surface area contributed by atoms with Gasteiger partial charge in [-0.05, 0) is 32.0 Å². The molecule has 102 valence electrons. The molecule has 0 saturated heterocycles. The van der Waals surface area contributed by atoms with E-state index in [1.54, 1.807) is 6.20 Å². The minimum atomic E-state index is -0.0360. The van der Waals surface area contributed by atoms with Crippen LogP contribution in [-0.4, -0.2) is 21.8 Å². The summed E-state index contributed by atoms with van der Waals surface area (Å²) in [6.07, 6.45) is 4.46. The predicted molar refractivity (Wildman–Crippen MR) is 77.4 cm³/mol. The van der Waals surface area contributed by atoms with Gasteiger partial charge >= 0.3 is 0 Å². The van der Waals surface area contributed by atoms with Crippen molar-refractivity contribution in [3.05, 3.63) is 46.5 Å². The molecule has 0 aliphatic heterocycles. The van der Waals surface area contributed by atoms with E-state index >= 15 is 0 Å². The summed E-state index contributed by atoms with van der Waals surface area (Å²) >= 11 is 6.29. The molecule has 19 heavy (non-hydrogen) atoms. The summed E-state index contributed by atoms with van der Waals surface area (Å²) in [5.74, 6) is 0. The molecule has 0 aromatic carbocycles. The Hall–Kier alpha value is -1.39. The molecule has 0 amide bonds. The van der Waals surface area contributed by atoms with Crippen molar-refractivity contribution in [2.45, 2.75) is 32.9 Å². The maximum atomic E-state index is 6.29. The average molecular weight is 279 g/mol. The van der Waals surface area contributed by atoms with E-state index in [1.807, 2.05) is 24.0 Å². The molecule has 1 atom stereocenters. The van der Waals surface area contributed by atoms with Crippen LogP contribution in [-0.2, 0) is 13.0 Å². The number of nitrogens with one attached hydrogen (secondary N) is 1. The second-order valence-corrected chi connectivity index (χ2v) is 4.72. The maximum Gasteiger partial charge on any atom is 0.0937 e. The van der Waals surface area contributed by atoms with Crippen LogP contribution in [0.25, 0.3) is 0 Å². The van der Waals surface area contributed by atoms with Crippen molar-refractivity contribution in [3.8, 4) is 0 Å². The number of aryl methyl sites for hydroxylation is 2. The Bertz CT molecular complexity index is 550. The first-order chi connectivity index (χ1) is 9.22. The highest BCUT2D eigenvalue weighted by Gasteiger charge is 2.23. The third kappa shape index (κ3) is 2.65. The number of pyridine rings is 1. The van der Waals surface area contributed by atoms with Crippen LogP contribution >= 0.6 is 11.6 Å². The molecule has 0 saturated carbocycles. The monoisotopic (exact) mass is 278 g/mol. The molecule has 5 heteroatoms. The van der Waals surface area contributed by atoms with Gasteiger partial charge in [-0.2, -0.15) is 5.10 Å². The Kier molecular flexibility index (Phi) is 4.56. The van der Waals surface area contributed by atoms with Crippen LogP contribution in [0.5, 0.6) is 0 Å². The summed E-state index contributed by atoms with van der Waals surface area (Å²) in [6.45, 7) is 4.97. The van der Waals surface area contributed by atoms with E-state index in [-0.39, 0.29) is 6.04 Å². The van der Waals surface area contributed by atoms with Gasteiger partial charge < -0.3 is 5.32 Å². The van der Waals surface area contributed by atoms with E-state index in [9.17, 15) is 0 Å². The Labute approximate surface area is 118 Å². The zero-order valence-corrected chi connectivity index (χ0v) is 12.3. The molecule has 2 aromatic heterocycles. The lowest BCUT2D eigenvalue weighted by Gasteiger charge is -2.20. The van der Waals surface area contributed by atoms with Gasteiger partial charge in [0.05, 0.1) is 28.6 Å². The number of hydrogen-bond donors (Lipinski definition) is 1. The fourth-order valence-electron chi connectivity index (χ4n) is 2.32. The molecular formula is C14H19ClN4. The van der Waals surface area contributed by atoms with Gasteiger partial charge in [0, 0.05) is 12.7 Å². The van der Waals surface area contributed by atoms with Crippen molar-refractivity contribution in [2.75, 3.05) is 7.05 Å². The second-order valence-electron chi connectivity index (χ2n) is 4.32. The fraction of sp³-hybridized carbons (Fsp3) is 0.429. The Morgan fingerprint density at radius 2 is 2.21 bits per heavy atom. The van der Waals surface area contributed by atoms with Crippen molar-refractivity contribution in [3.63, 3.8) is 0 Å². The quantitative estimate of drug-likeness (QED) is 0.915. The van der Waals surface area contributed by atoms with Crippen LogP contribution in [0.2, 0.25) is 5.02 Å². The third-order valence-electron chi connectivity index (χ3n) is 3.28. The minimum absolute atomic E-state index is 0.0360. The molecule has 1 unspecified atom stereocenters. The normalized spacial score (nSPS) is 12.6. The fourth-order valence-corrected chi connectivity index (χ4v) is 2.57. The molecule has 2 rings (SSSR count). The van der Waals surface area contributed by atoms with Gasteiger partial charge in [0.25, 0.3) is 0 Å². The predicted octanol–water partition coefficient (Wildman–Crippen LogP) is 2.82. The van der Waals surface area contributed by atoms with Crippen LogP contribution in [0.1, 0.15) is 36.8 Å². The number of hydrogen-bond acceptors (Lipinski definition) is 3. The molecule has 2 aromatic rings. The maximum absolute atomic E-state index is 6.29. The van der Waals surface area contributed by atoms with E-state index in [0.717, 1.165) is 24.4 Å². The van der Waals surface area contributed by atoms with Crippen LogP contribution in [0.4, 0.5) is 0 Å². The Morgan fingerprint density at radius 1 is 1.42 bits per heavy atom. The first-order valence-electron chi connectivity index (χ1n) is 6.55. The zero-order chi connectivity index (χ0) is 13.8. The lowest BCUT2D eigenvalue weighted by molar-refractivity contribution is 0.553. The number of halogens is 1. The topological polar surface area (TPSA) is 42.7 Å². The van der Waals surface area contributed by atoms with Crippen LogP contribution in [0.15, 0.2) is 24.5 Å². The summed E-state index contributed by atoms with van der Waals surface area (Å²) in [5, 5.41) is 8.28. The van der Waals surface area contributed by atoms with E-state index in [1.165, 1.54) is 5.56 Å². The van der Waals surface area contributed by atoms with E-state index in [4.69, 9.17) is 11.6 Å². The van der Waals surface area contributed by atoms with Gasteiger partial charge in [0.2, 0.25) is 0 Å². The number of nitrogens with zero attached hydrogens (tertiary/aromatic N) is 3. The molecule has 0 radical (unpaired) electrons. The smallest absolute Gasteiger partial charge is 0.0937 e. The van der Waals surface area contributed by atoms with Gasteiger partial charge in [-0.15, -0.1) is 0 Å². The van der Waals surface area contributed by atoms with E-state index in [0.29, 0.717) is 5.02 Å². The molecular weight excluding hydrogens is 260 g/mol. The first kappa shape index (κ1) is 14.0. The summed E-state index contributed by atoms with van der Waals surface area (Å²) in [7, 11) is 1.92. The summed E-state index contributed by atoms with van der Waals surface area (Å²) < 4.78 is 1.91. The van der Waals surface area contributed by atoms with Crippen molar-refractivity contribution >= 4 is 11.6 Å². The van der Waals surface area contributed by atoms with Crippen molar-refractivity contribution in [2.24, 2.45) is 0 Å². The Morgan fingerprint density at radius 3 is 2.84 bits per heavy atom. The van der Waals surface area contributed by atoms with E-state index < -0.39 is 0 Å². The lowest BCUT2D eigenvalue weighted by atomic mass is 10.0. The second kappa shape index (κ2) is 6.17. The largest absolute Gasteiger partial charge is 0.307 e. The molecule has 0 aliphatic rings. The molecule has 0 fully saturated rings. The van der Waals surface area contributed by atoms with E-state index in [2.05, 4.69) is 35.3 Å². The lowest BCUT2D eigenvalue weighted by Crippen LogP contribution is -2.24. The van der Waals surface area contributed by atoms with Gasteiger partial charge in [0.1, 0.15) is 0 Å². The first-order valence-corrected chi connectivity index (χ1v) is 6.92. The van der Waals surface area contributed by atoms with Crippen LogP contribution < -0.4 is 5.32 Å². The standard InChI is InChI=1S/C14H19ClN4/c1-4-10-7-6-8-17-12(10)13(16-3)14-11(15)9-18-19(14)5-2/h6-9,13,16H,4-5H2,1-3H3. The van der Waals surface area contributed by atoms with Gasteiger partial charge in [-0.1, -0.05) is 24.6 Å². The van der Waals surface area contributed by atoms with Crippen molar-refractivity contribution in [1.29, 1.82) is 0 Å².